The van der Waals surface area contributed by atoms with Crippen molar-refractivity contribution in [3.8, 4) is 6.07 Å². The molecule has 2 aromatic heterocycles. The molecule has 0 saturated heterocycles. The second-order valence-corrected chi connectivity index (χ2v) is 3.99. The van der Waals surface area contributed by atoms with E-state index >= 15 is 0 Å². The second-order valence-electron chi connectivity index (χ2n) is 3.08. The van der Waals surface area contributed by atoms with Crippen molar-refractivity contribution in [2.24, 2.45) is 0 Å². The fraction of sp³-hybridized carbons (Fsp3) is 0. The zero-order chi connectivity index (χ0) is 11.5. The lowest BCUT2D eigenvalue weighted by Gasteiger charge is -2.00. The zero-order valence-electron chi connectivity index (χ0n) is 8.15. The number of aromatic amines is 1. The molecule has 2 aromatic rings. The highest BCUT2D eigenvalue weighted by Crippen LogP contribution is 2.22. The van der Waals surface area contributed by atoms with Crippen molar-refractivity contribution in [2.45, 2.75) is 0 Å². The molecule has 2 rings (SSSR count). The van der Waals surface area contributed by atoms with Crippen molar-refractivity contribution in [2.75, 3.05) is 11.1 Å². The topological polar surface area (TPSA) is 94.7 Å². The molecule has 0 spiro atoms. The van der Waals surface area contributed by atoms with Crippen LogP contribution in [0.2, 0.25) is 0 Å². The van der Waals surface area contributed by atoms with E-state index in [4.69, 9.17) is 11.0 Å². The van der Waals surface area contributed by atoms with Crippen molar-refractivity contribution in [1.82, 2.24) is 4.98 Å². The van der Waals surface area contributed by atoms with Crippen molar-refractivity contribution >= 4 is 27.9 Å². The summed E-state index contributed by atoms with van der Waals surface area (Å²) < 4.78 is 0. The molecule has 5 nitrogen and oxygen atoms in total. The van der Waals surface area contributed by atoms with E-state index in [0.717, 1.165) is 0 Å². The molecule has 0 aliphatic heterocycles. The van der Waals surface area contributed by atoms with Crippen molar-refractivity contribution in [3.63, 3.8) is 0 Å². The van der Waals surface area contributed by atoms with Gasteiger partial charge in [0, 0.05) is 11.9 Å². The predicted octanol–water partition coefficient (Wildman–Crippen LogP) is 1.78. The minimum absolute atomic E-state index is 0.310. The van der Waals surface area contributed by atoms with Gasteiger partial charge >= 0.3 is 0 Å². The summed E-state index contributed by atoms with van der Waals surface area (Å²) in [6.07, 6.45) is 1.54. The van der Waals surface area contributed by atoms with Gasteiger partial charge in [-0.3, -0.25) is 4.79 Å². The van der Waals surface area contributed by atoms with Crippen LogP contribution >= 0.6 is 11.3 Å². The van der Waals surface area contributed by atoms with Crippen LogP contribution in [-0.4, -0.2) is 10.9 Å². The first-order chi connectivity index (χ1) is 7.70. The van der Waals surface area contributed by atoms with Gasteiger partial charge in [-0.15, -0.1) is 11.3 Å². The Hall–Kier alpha value is -2.26. The largest absolute Gasteiger partial charge is 0.397 e. The van der Waals surface area contributed by atoms with E-state index in [0.29, 0.717) is 21.9 Å². The molecular weight excluding hydrogens is 224 g/mol. The van der Waals surface area contributed by atoms with E-state index in [2.05, 4.69) is 10.3 Å². The third kappa shape index (κ3) is 1.89. The Labute approximate surface area is 95.5 Å². The first-order valence-corrected chi connectivity index (χ1v) is 5.31. The highest BCUT2D eigenvalue weighted by atomic mass is 32.1. The van der Waals surface area contributed by atoms with E-state index in [9.17, 15) is 4.79 Å². The molecule has 1 amide bonds. The van der Waals surface area contributed by atoms with Crippen LogP contribution in [0.5, 0.6) is 0 Å². The first-order valence-electron chi connectivity index (χ1n) is 4.43. The van der Waals surface area contributed by atoms with Gasteiger partial charge in [-0.2, -0.15) is 5.26 Å². The van der Waals surface area contributed by atoms with E-state index in [1.807, 2.05) is 6.07 Å². The SMILES string of the molecule is N#Cc1ccsc1NC(=O)c1cc(N)c[nH]1. The summed E-state index contributed by atoms with van der Waals surface area (Å²) in [6.45, 7) is 0. The van der Waals surface area contributed by atoms with Gasteiger partial charge < -0.3 is 16.0 Å². The maximum absolute atomic E-state index is 11.7. The molecule has 0 radical (unpaired) electrons. The standard InChI is InChI=1S/C10H8N4OS/c11-4-6-1-2-16-10(6)14-9(15)8-3-7(12)5-13-8/h1-3,5,13H,12H2,(H,14,15). The number of anilines is 2. The molecule has 2 heterocycles. The average Bonchev–Trinajstić information content (AvgIpc) is 2.86. The summed E-state index contributed by atoms with van der Waals surface area (Å²) in [7, 11) is 0. The number of nitrogen functional groups attached to an aromatic ring is 1. The molecule has 0 bridgehead atoms. The van der Waals surface area contributed by atoms with Crippen LogP contribution in [0.4, 0.5) is 10.7 Å². The smallest absolute Gasteiger partial charge is 0.272 e. The first kappa shape index (κ1) is 10.3. The van der Waals surface area contributed by atoms with Crippen LogP contribution < -0.4 is 11.1 Å². The number of nitrogens with two attached hydrogens (primary N) is 1. The Morgan fingerprint density at radius 3 is 3.06 bits per heavy atom. The van der Waals surface area contributed by atoms with Crippen LogP contribution in [0.1, 0.15) is 16.1 Å². The molecule has 6 heteroatoms. The van der Waals surface area contributed by atoms with E-state index < -0.39 is 0 Å². The quantitative estimate of drug-likeness (QED) is 0.736. The number of carbonyl (C=O) groups excluding carboxylic acids is 1. The number of amides is 1. The number of hydrogen-bond acceptors (Lipinski definition) is 4. The monoisotopic (exact) mass is 232 g/mol. The fourth-order valence-electron chi connectivity index (χ4n) is 1.21. The van der Waals surface area contributed by atoms with E-state index in [1.54, 1.807) is 11.4 Å². The number of carbonyl (C=O) groups is 1. The lowest BCUT2D eigenvalue weighted by Crippen LogP contribution is -2.11. The Kier molecular flexibility index (Phi) is 2.62. The van der Waals surface area contributed by atoms with Crippen LogP contribution in [0.15, 0.2) is 23.7 Å². The molecular formula is C10H8N4OS. The fourth-order valence-corrected chi connectivity index (χ4v) is 1.94. The summed E-state index contributed by atoms with van der Waals surface area (Å²) in [5, 5.41) is 13.7. The molecule has 0 fully saturated rings. The Bertz CT molecular complexity index is 563. The van der Waals surface area contributed by atoms with Gasteiger partial charge in [0.15, 0.2) is 0 Å². The lowest BCUT2D eigenvalue weighted by atomic mass is 10.3. The maximum Gasteiger partial charge on any atom is 0.272 e. The predicted molar refractivity (Wildman–Crippen MR) is 62.2 cm³/mol. The van der Waals surface area contributed by atoms with Crippen molar-refractivity contribution < 1.29 is 4.79 Å². The minimum Gasteiger partial charge on any atom is -0.397 e. The van der Waals surface area contributed by atoms with Crippen molar-refractivity contribution in [3.05, 3.63) is 35.0 Å². The molecule has 4 N–H and O–H groups in total. The Balaban J connectivity index is 2.17. The Morgan fingerprint density at radius 1 is 1.62 bits per heavy atom. The number of aromatic nitrogens is 1. The summed E-state index contributed by atoms with van der Waals surface area (Å²) in [5.41, 5.74) is 6.81. The number of H-pyrrole nitrogens is 1. The highest BCUT2D eigenvalue weighted by molar-refractivity contribution is 7.14. The summed E-state index contributed by atoms with van der Waals surface area (Å²) >= 11 is 1.30. The van der Waals surface area contributed by atoms with Crippen LogP contribution in [0, 0.1) is 11.3 Å². The van der Waals surface area contributed by atoms with Crippen LogP contribution in [0.25, 0.3) is 0 Å². The van der Waals surface area contributed by atoms with Gasteiger partial charge in [0.25, 0.3) is 5.91 Å². The van der Waals surface area contributed by atoms with Gasteiger partial charge in [-0.1, -0.05) is 0 Å². The molecule has 0 atom stereocenters. The average molecular weight is 232 g/mol. The van der Waals surface area contributed by atoms with Crippen molar-refractivity contribution in [1.29, 1.82) is 5.26 Å². The molecule has 0 saturated carbocycles. The normalized spacial score (nSPS) is 9.69. The van der Waals surface area contributed by atoms with Gasteiger partial charge in [-0.05, 0) is 17.5 Å². The molecule has 0 aliphatic rings. The molecule has 0 aliphatic carbocycles. The van der Waals surface area contributed by atoms with E-state index in [-0.39, 0.29) is 5.91 Å². The Morgan fingerprint density at radius 2 is 2.44 bits per heavy atom. The number of nitrogens with one attached hydrogen (secondary N) is 2. The summed E-state index contributed by atoms with van der Waals surface area (Å²) in [4.78, 5) is 14.4. The van der Waals surface area contributed by atoms with Crippen LogP contribution in [-0.2, 0) is 0 Å². The second kappa shape index (κ2) is 4.08. The third-order valence-electron chi connectivity index (χ3n) is 1.96. The van der Waals surface area contributed by atoms with Gasteiger partial charge in [0.05, 0.1) is 5.56 Å². The molecule has 16 heavy (non-hydrogen) atoms. The number of nitriles is 1. The molecule has 0 unspecified atom stereocenters. The van der Waals surface area contributed by atoms with Gasteiger partial charge in [-0.25, -0.2) is 0 Å². The number of nitrogens with zero attached hydrogens (tertiary/aromatic N) is 1. The summed E-state index contributed by atoms with van der Waals surface area (Å²) in [5.74, 6) is -0.310. The van der Waals surface area contributed by atoms with Gasteiger partial charge in [0.2, 0.25) is 0 Å². The van der Waals surface area contributed by atoms with Crippen LogP contribution in [0.3, 0.4) is 0 Å². The molecule has 0 aromatic carbocycles. The molecule has 80 valence electrons. The maximum atomic E-state index is 11.7. The lowest BCUT2D eigenvalue weighted by molar-refractivity contribution is 0.102. The number of thiophene rings is 1. The van der Waals surface area contributed by atoms with Gasteiger partial charge in [0.1, 0.15) is 16.8 Å². The van der Waals surface area contributed by atoms with E-state index in [1.165, 1.54) is 23.6 Å². The zero-order valence-corrected chi connectivity index (χ0v) is 8.97. The number of rotatable bonds is 2. The third-order valence-corrected chi connectivity index (χ3v) is 2.79. The minimum atomic E-state index is -0.310. The number of hydrogen-bond donors (Lipinski definition) is 3. The summed E-state index contributed by atoms with van der Waals surface area (Å²) in [6, 6.07) is 5.19. The highest BCUT2D eigenvalue weighted by Gasteiger charge is 2.11.